The van der Waals surface area contributed by atoms with Crippen LogP contribution in [-0.2, 0) is 21.2 Å². The van der Waals surface area contributed by atoms with Gasteiger partial charge in [-0.3, -0.25) is 0 Å². The highest BCUT2D eigenvalue weighted by molar-refractivity contribution is 9.10. The van der Waals surface area contributed by atoms with E-state index >= 15 is 0 Å². The van der Waals surface area contributed by atoms with Crippen LogP contribution in [0.1, 0.15) is 5.56 Å². The van der Waals surface area contributed by atoms with Crippen LogP contribution in [0.5, 0.6) is 5.75 Å². The van der Waals surface area contributed by atoms with Gasteiger partial charge in [-0.15, -0.1) is 0 Å². The lowest BCUT2D eigenvalue weighted by Gasteiger charge is -2.13. The minimum atomic E-state index is -3.87. The summed E-state index contributed by atoms with van der Waals surface area (Å²) in [6.07, 6.45) is -0.787. The lowest BCUT2D eigenvalue weighted by Crippen LogP contribution is -2.16. The number of hydrogen-bond acceptors (Lipinski definition) is 5. The first-order valence-corrected chi connectivity index (χ1v) is 7.23. The Hall–Kier alpha value is -0.670. The molecule has 0 aromatic heterocycles. The molecule has 0 fully saturated rings. The SMILES string of the molecule is COc1cc(CC(O)OC)c(Br)cc1S(N)(=O)=O. The molecule has 0 aliphatic rings. The summed E-state index contributed by atoms with van der Waals surface area (Å²) in [7, 11) is -1.16. The third-order valence-corrected chi connectivity index (χ3v) is 3.98. The second kappa shape index (κ2) is 5.98. The number of methoxy groups -OCH3 is 2. The lowest BCUT2D eigenvalue weighted by molar-refractivity contribution is -0.0721. The van der Waals surface area contributed by atoms with Crippen LogP contribution in [0.15, 0.2) is 21.5 Å². The van der Waals surface area contributed by atoms with Gasteiger partial charge in [0.25, 0.3) is 0 Å². The molecule has 1 unspecified atom stereocenters. The fourth-order valence-corrected chi connectivity index (χ4v) is 2.75. The number of aliphatic hydroxyl groups is 1. The normalized spacial score (nSPS) is 13.4. The van der Waals surface area contributed by atoms with Crippen molar-refractivity contribution in [2.45, 2.75) is 17.6 Å². The van der Waals surface area contributed by atoms with Crippen LogP contribution in [0, 0.1) is 0 Å². The third kappa shape index (κ3) is 3.66. The molecule has 6 nitrogen and oxygen atoms in total. The molecule has 8 heteroatoms. The molecular weight excluding hydrogens is 326 g/mol. The standard InChI is InChI=1S/C10H14BrNO5S/c1-16-8-3-6(4-10(13)17-2)7(11)5-9(8)18(12,14)15/h3,5,10,13H,4H2,1-2H3,(H2,12,14,15). The number of aliphatic hydroxyl groups excluding tert-OH is 1. The minimum absolute atomic E-state index is 0.118. The average molecular weight is 340 g/mol. The molecular formula is C10H14BrNO5S. The number of primary sulfonamides is 1. The third-order valence-electron chi connectivity index (χ3n) is 2.31. The van der Waals surface area contributed by atoms with Crippen molar-refractivity contribution in [3.8, 4) is 5.75 Å². The van der Waals surface area contributed by atoms with Crippen LogP contribution in [0.4, 0.5) is 0 Å². The Kier molecular flexibility index (Phi) is 5.11. The Morgan fingerprint density at radius 2 is 2.06 bits per heavy atom. The summed E-state index contributed by atoms with van der Waals surface area (Å²) in [6.45, 7) is 0. The summed E-state index contributed by atoms with van der Waals surface area (Å²) in [5.41, 5.74) is 0.647. The zero-order valence-electron chi connectivity index (χ0n) is 9.88. The van der Waals surface area contributed by atoms with E-state index in [1.54, 1.807) is 0 Å². The predicted molar refractivity (Wildman–Crippen MR) is 68.8 cm³/mol. The number of hydrogen-bond donors (Lipinski definition) is 2. The Labute approximate surface area is 114 Å². The maximum absolute atomic E-state index is 11.4. The molecule has 18 heavy (non-hydrogen) atoms. The van der Waals surface area contributed by atoms with E-state index in [2.05, 4.69) is 15.9 Å². The van der Waals surface area contributed by atoms with E-state index in [-0.39, 0.29) is 17.1 Å². The van der Waals surface area contributed by atoms with Gasteiger partial charge in [0, 0.05) is 18.0 Å². The smallest absolute Gasteiger partial charge is 0.241 e. The van der Waals surface area contributed by atoms with Crippen molar-refractivity contribution < 1.29 is 23.0 Å². The van der Waals surface area contributed by atoms with E-state index < -0.39 is 16.3 Å². The fraction of sp³-hybridized carbons (Fsp3) is 0.400. The molecule has 102 valence electrons. The van der Waals surface area contributed by atoms with E-state index in [0.717, 1.165) is 0 Å². The summed E-state index contributed by atoms with van der Waals surface area (Å²) < 4.78 is 32.9. The van der Waals surface area contributed by atoms with Crippen molar-refractivity contribution in [2.75, 3.05) is 14.2 Å². The van der Waals surface area contributed by atoms with Crippen LogP contribution < -0.4 is 9.88 Å². The van der Waals surface area contributed by atoms with E-state index in [4.69, 9.17) is 14.6 Å². The van der Waals surface area contributed by atoms with Gasteiger partial charge in [0.1, 0.15) is 10.6 Å². The van der Waals surface area contributed by atoms with Crippen LogP contribution in [0.25, 0.3) is 0 Å². The van der Waals surface area contributed by atoms with Gasteiger partial charge in [-0.25, -0.2) is 13.6 Å². The largest absolute Gasteiger partial charge is 0.495 e. The van der Waals surface area contributed by atoms with Gasteiger partial charge >= 0.3 is 0 Å². The monoisotopic (exact) mass is 339 g/mol. The number of rotatable bonds is 5. The molecule has 0 aliphatic heterocycles. The van der Waals surface area contributed by atoms with Gasteiger partial charge in [0.15, 0.2) is 6.29 Å². The van der Waals surface area contributed by atoms with Gasteiger partial charge in [-0.05, 0) is 17.7 Å². The molecule has 1 aromatic rings. The quantitative estimate of drug-likeness (QED) is 0.766. The molecule has 0 spiro atoms. The maximum Gasteiger partial charge on any atom is 0.241 e. The molecule has 1 aromatic carbocycles. The second-order valence-corrected chi connectivity index (χ2v) is 5.92. The van der Waals surface area contributed by atoms with Crippen LogP contribution in [0.2, 0.25) is 0 Å². The van der Waals surface area contributed by atoms with Crippen molar-refractivity contribution in [3.05, 3.63) is 22.2 Å². The Balaban J connectivity index is 3.27. The second-order valence-electron chi connectivity index (χ2n) is 3.53. The molecule has 1 atom stereocenters. The Morgan fingerprint density at radius 1 is 1.44 bits per heavy atom. The van der Waals surface area contributed by atoms with Crippen molar-refractivity contribution in [1.29, 1.82) is 0 Å². The summed E-state index contributed by atoms with van der Waals surface area (Å²) in [5.74, 6) is 0.124. The number of halogens is 1. The highest BCUT2D eigenvalue weighted by Gasteiger charge is 2.19. The van der Waals surface area contributed by atoms with E-state index in [9.17, 15) is 13.5 Å². The summed E-state index contributed by atoms with van der Waals surface area (Å²) in [4.78, 5) is -0.118. The van der Waals surface area contributed by atoms with Crippen molar-refractivity contribution >= 4 is 26.0 Å². The molecule has 0 saturated carbocycles. The van der Waals surface area contributed by atoms with Gasteiger partial charge in [-0.1, -0.05) is 15.9 Å². The summed E-state index contributed by atoms with van der Waals surface area (Å²) >= 11 is 3.22. The van der Waals surface area contributed by atoms with Crippen LogP contribution in [0.3, 0.4) is 0 Å². The number of ether oxygens (including phenoxy) is 2. The van der Waals surface area contributed by atoms with Crippen LogP contribution in [-0.4, -0.2) is 34.0 Å². The number of sulfonamides is 1. The van der Waals surface area contributed by atoms with E-state index in [0.29, 0.717) is 10.0 Å². The topological polar surface area (TPSA) is 98.8 Å². The van der Waals surface area contributed by atoms with Gasteiger partial charge < -0.3 is 14.6 Å². The number of benzene rings is 1. The predicted octanol–water partition coefficient (Wildman–Crippen LogP) is 0.612. The van der Waals surface area contributed by atoms with Gasteiger partial charge in [-0.2, -0.15) is 0 Å². The summed E-state index contributed by atoms with van der Waals surface area (Å²) in [6, 6.07) is 2.83. The zero-order chi connectivity index (χ0) is 13.9. The van der Waals surface area contributed by atoms with Gasteiger partial charge in [0.2, 0.25) is 10.0 Å². The lowest BCUT2D eigenvalue weighted by atomic mass is 10.1. The summed E-state index contributed by atoms with van der Waals surface area (Å²) in [5, 5.41) is 14.5. The molecule has 0 heterocycles. The first kappa shape index (κ1) is 15.4. The molecule has 0 radical (unpaired) electrons. The fourth-order valence-electron chi connectivity index (χ4n) is 1.39. The van der Waals surface area contributed by atoms with Crippen molar-refractivity contribution in [1.82, 2.24) is 0 Å². The van der Waals surface area contributed by atoms with E-state index in [1.807, 2.05) is 0 Å². The van der Waals surface area contributed by atoms with Crippen molar-refractivity contribution in [2.24, 2.45) is 5.14 Å². The van der Waals surface area contributed by atoms with Gasteiger partial charge in [0.05, 0.1) is 7.11 Å². The zero-order valence-corrected chi connectivity index (χ0v) is 12.3. The maximum atomic E-state index is 11.4. The Bertz CT molecular complexity index is 531. The molecule has 0 bridgehead atoms. The average Bonchev–Trinajstić information content (AvgIpc) is 2.29. The van der Waals surface area contributed by atoms with Crippen LogP contribution >= 0.6 is 15.9 Å². The van der Waals surface area contributed by atoms with Crippen molar-refractivity contribution in [3.63, 3.8) is 0 Å². The Morgan fingerprint density at radius 3 is 2.50 bits per heavy atom. The highest BCUT2D eigenvalue weighted by Crippen LogP contribution is 2.30. The molecule has 0 aliphatic carbocycles. The molecule has 3 N–H and O–H groups in total. The minimum Gasteiger partial charge on any atom is -0.495 e. The first-order valence-electron chi connectivity index (χ1n) is 4.89. The number of nitrogens with two attached hydrogens (primary N) is 1. The first-order chi connectivity index (χ1) is 8.29. The highest BCUT2D eigenvalue weighted by atomic mass is 79.9. The molecule has 0 amide bonds. The molecule has 1 rings (SSSR count). The van der Waals surface area contributed by atoms with E-state index in [1.165, 1.54) is 26.4 Å². The molecule has 0 saturated heterocycles.